The zero-order chi connectivity index (χ0) is 19.0. The van der Waals surface area contributed by atoms with Crippen molar-refractivity contribution in [1.82, 2.24) is 4.98 Å². The SMILES string of the molecule is CNc1ccc(S(=O)(=O)Oc2ccc3nc(NC(=O)C4CC4)sc3c2)cc1. The van der Waals surface area contributed by atoms with Crippen molar-refractivity contribution in [3.8, 4) is 5.75 Å². The number of aromatic nitrogens is 1. The molecule has 0 atom stereocenters. The highest BCUT2D eigenvalue weighted by Crippen LogP contribution is 2.33. The molecule has 7 nitrogen and oxygen atoms in total. The van der Waals surface area contributed by atoms with Crippen molar-refractivity contribution >= 4 is 48.4 Å². The molecule has 1 aliphatic rings. The number of carbonyl (C=O) groups is 1. The number of carbonyl (C=O) groups excluding carboxylic acids is 1. The fraction of sp³-hybridized carbons (Fsp3) is 0.222. The molecule has 2 N–H and O–H groups in total. The first-order valence-corrected chi connectivity index (χ1v) is 10.6. The molecular formula is C18H17N3O4S2. The van der Waals surface area contributed by atoms with Crippen LogP contribution in [0.1, 0.15) is 12.8 Å². The van der Waals surface area contributed by atoms with E-state index in [4.69, 9.17) is 4.18 Å². The van der Waals surface area contributed by atoms with E-state index in [2.05, 4.69) is 15.6 Å². The summed E-state index contributed by atoms with van der Waals surface area (Å²) in [6.07, 6.45) is 1.84. The van der Waals surface area contributed by atoms with Crippen LogP contribution in [-0.4, -0.2) is 26.4 Å². The second-order valence-corrected chi connectivity index (χ2v) is 8.80. The Bertz CT molecular complexity index is 1100. The fourth-order valence-corrected chi connectivity index (χ4v) is 4.35. The van der Waals surface area contributed by atoms with Crippen LogP contribution in [-0.2, 0) is 14.9 Å². The third kappa shape index (κ3) is 3.88. The predicted octanol–water partition coefficient (Wildman–Crippen LogP) is 3.45. The molecule has 27 heavy (non-hydrogen) atoms. The Kier molecular flexibility index (Phi) is 4.48. The van der Waals surface area contributed by atoms with Gasteiger partial charge in [-0.2, -0.15) is 8.42 Å². The lowest BCUT2D eigenvalue weighted by molar-refractivity contribution is -0.117. The van der Waals surface area contributed by atoms with E-state index in [9.17, 15) is 13.2 Å². The van der Waals surface area contributed by atoms with E-state index >= 15 is 0 Å². The highest BCUT2D eigenvalue weighted by atomic mass is 32.2. The Morgan fingerprint density at radius 3 is 2.59 bits per heavy atom. The van der Waals surface area contributed by atoms with Gasteiger partial charge in [-0.3, -0.25) is 4.79 Å². The average molecular weight is 403 g/mol. The molecule has 2 aromatic carbocycles. The van der Waals surface area contributed by atoms with Crippen molar-refractivity contribution in [2.24, 2.45) is 5.92 Å². The van der Waals surface area contributed by atoms with Gasteiger partial charge < -0.3 is 14.8 Å². The topological polar surface area (TPSA) is 97.4 Å². The first kappa shape index (κ1) is 17.7. The summed E-state index contributed by atoms with van der Waals surface area (Å²) in [6, 6.07) is 11.1. The largest absolute Gasteiger partial charge is 0.388 e. The summed E-state index contributed by atoms with van der Waals surface area (Å²) in [7, 11) is -2.18. The summed E-state index contributed by atoms with van der Waals surface area (Å²) in [5, 5.41) is 6.24. The van der Waals surface area contributed by atoms with Gasteiger partial charge in [-0.1, -0.05) is 11.3 Å². The van der Waals surface area contributed by atoms with Crippen LogP contribution in [0.4, 0.5) is 10.8 Å². The zero-order valence-electron chi connectivity index (χ0n) is 14.4. The van der Waals surface area contributed by atoms with E-state index in [-0.39, 0.29) is 22.5 Å². The summed E-state index contributed by atoms with van der Waals surface area (Å²) >= 11 is 1.29. The van der Waals surface area contributed by atoms with Crippen LogP contribution < -0.4 is 14.8 Å². The first-order chi connectivity index (χ1) is 12.9. The number of anilines is 2. The standard InChI is InChI=1S/C18H17N3O4S2/c1-19-12-4-7-14(8-5-12)27(23,24)25-13-6-9-15-16(10-13)26-18(20-15)21-17(22)11-2-3-11/h4-11,19H,2-3H2,1H3,(H,20,21,22). The summed E-state index contributed by atoms with van der Waals surface area (Å²) in [5.74, 6) is 0.275. The van der Waals surface area contributed by atoms with E-state index in [1.807, 2.05) is 0 Å². The van der Waals surface area contributed by atoms with Crippen LogP contribution in [0.5, 0.6) is 5.75 Å². The first-order valence-electron chi connectivity index (χ1n) is 8.38. The number of rotatable bonds is 6. The summed E-state index contributed by atoms with van der Waals surface area (Å²) < 4.78 is 30.9. The predicted molar refractivity (Wildman–Crippen MR) is 105 cm³/mol. The zero-order valence-corrected chi connectivity index (χ0v) is 16.1. The molecular weight excluding hydrogens is 386 g/mol. The second-order valence-electron chi connectivity index (χ2n) is 6.22. The molecule has 1 heterocycles. The lowest BCUT2D eigenvalue weighted by Gasteiger charge is -2.07. The Labute approximate surface area is 160 Å². The molecule has 140 valence electrons. The number of hydrogen-bond donors (Lipinski definition) is 2. The van der Waals surface area contributed by atoms with Gasteiger partial charge in [0.1, 0.15) is 10.6 Å². The van der Waals surface area contributed by atoms with Crippen molar-refractivity contribution in [2.45, 2.75) is 17.7 Å². The lowest BCUT2D eigenvalue weighted by Crippen LogP contribution is -2.12. The molecule has 4 rings (SSSR count). The number of hydrogen-bond acceptors (Lipinski definition) is 7. The molecule has 0 spiro atoms. The molecule has 0 radical (unpaired) electrons. The smallest absolute Gasteiger partial charge is 0.339 e. The maximum atomic E-state index is 12.5. The molecule has 1 amide bonds. The number of amides is 1. The second kappa shape index (κ2) is 6.82. The van der Waals surface area contributed by atoms with Gasteiger partial charge in [0.25, 0.3) is 0 Å². The van der Waals surface area contributed by atoms with Crippen LogP contribution in [0.25, 0.3) is 10.2 Å². The molecule has 0 bridgehead atoms. The highest BCUT2D eigenvalue weighted by molar-refractivity contribution is 7.87. The Morgan fingerprint density at radius 2 is 1.93 bits per heavy atom. The third-order valence-electron chi connectivity index (χ3n) is 4.18. The van der Waals surface area contributed by atoms with Crippen molar-refractivity contribution in [2.75, 3.05) is 17.7 Å². The normalized spacial score (nSPS) is 14.1. The van der Waals surface area contributed by atoms with Gasteiger partial charge in [0, 0.05) is 24.7 Å². The average Bonchev–Trinajstić information content (AvgIpc) is 3.42. The van der Waals surface area contributed by atoms with Crippen LogP contribution >= 0.6 is 11.3 Å². The number of thiazole rings is 1. The molecule has 1 saturated carbocycles. The fourth-order valence-electron chi connectivity index (χ4n) is 2.53. The van der Waals surface area contributed by atoms with Gasteiger partial charge in [0.05, 0.1) is 10.2 Å². The Balaban J connectivity index is 1.54. The minimum absolute atomic E-state index is 0.0156. The maximum absolute atomic E-state index is 12.5. The van der Waals surface area contributed by atoms with E-state index in [1.54, 1.807) is 37.4 Å². The van der Waals surface area contributed by atoms with Crippen LogP contribution in [0.2, 0.25) is 0 Å². The number of nitrogens with one attached hydrogen (secondary N) is 2. The lowest BCUT2D eigenvalue weighted by atomic mass is 10.3. The number of benzene rings is 2. The molecule has 0 unspecified atom stereocenters. The minimum atomic E-state index is -3.94. The molecule has 1 aromatic heterocycles. The van der Waals surface area contributed by atoms with E-state index in [0.717, 1.165) is 23.2 Å². The monoisotopic (exact) mass is 403 g/mol. The van der Waals surface area contributed by atoms with Crippen LogP contribution in [0, 0.1) is 5.92 Å². The van der Waals surface area contributed by atoms with Crippen molar-refractivity contribution in [3.05, 3.63) is 42.5 Å². The molecule has 0 saturated heterocycles. The van der Waals surface area contributed by atoms with Crippen LogP contribution in [0.3, 0.4) is 0 Å². The van der Waals surface area contributed by atoms with Gasteiger partial charge in [0.15, 0.2) is 5.13 Å². The van der Waals surface area contributed by atoms with E-state index in [0.29, 0.717) is 10.6 Å². The Hall–Kier alpha value is -2.65. The van der Waals surface area contributed by atoms with Crippen molar-refractivity contribution in [3.63, 3.8) is 0 Å². The highest BCUT2D eigenvalue weighted by Gasteiger charge is 2.30. The van der Waals surface area contributed by atoms with Gasteiger partial charge in [-0.05, 0) is 49.2 Å². The minimum Gasteiger partial charge on any atom is -0.388 e. The van der Waals surface area contributed by atoms with Gasteiger partial charge in [0.2, 0.25) is 5.91 Å². The molecule has 0 aliphatic heterocycles. The maximum Gasteiger partial charge on any atom is 0.339 e. The van der Waals surface area contributed by atoms with E-state index in [1.165, 1.54) is 23.5 Å². The molecule has 9 heteroatoms. The van der Waals surface area contributed by atoms with Gasteiger partial charge in [-0.25, -0.2) is 4.98 Å². The van der Waals surface area contributed by atoms with Crippen LogP contribution in [0.15, 0.2) is 47.4 Å². The Morgan fingerprint density at radius 1 is 1.19 bits per heavy atom. The summed E-state index contributed by atoms with van der Waals surface area (Å²) in [6.45, 7) is 0. The van der Waals surface area contributed by atoms with Crippen molar-refractivity contribution < 1.29 is 17.4 Å². The summed E-state index contributed by atoms with van der Waals surface area (Å²) in [5.41, 5.74) is 1.48. The summed E-state index contributed by atoms with van der Waals surface area (Å²) in [4.78, 5) is 16.3. The van der Waals surface area contributed by atoms with Gasteiger partial charge >= 0.3 is 10.1 Å². The number of nitrogens with zero attached hydrogens (tertiary/aromatic N) is 1. The molecule has 3 aromatic rings. The van der Waals surface area contributed by atoms with Crippen molar-refractivity contribution in [1.29, 1.82) is 0 Å². The molecule has 1 fully saturated rings. The quantitative estimate of drug-likeness (QED) is 0.612. The van der Waals surface area contributed by atoms with E-state index < -0.39 is 10.1 Å². The molecule has 1 aliphatic carbocycles. The third-order valence-corrected chi connectivity index (χ3v) is 6.37. The van der Waals surface area contributed by atoms with Gasteiger partial charge in [-0.15, -0.1) is 0 Å². The number of fused-ring (bicyclic) bond motifs is 1.